The Bertz CT molecular complexity index is 335. The number of thiazole rings is 1. The second-order valence-corrected chi connectivity index (χ2v) is 5.88. The molecule has 1 aliphatic rings. The van der Waals surface area contributed by atoms with Gasteiger partial charge < -0.3 is 5.73 Å². The molecule has 2 heterocycles. The van der Waals surface area contributed by atoms with Gasteiger partial charge in [0.1, 0.15) is 5.01 Å². The second kappa shape index (κ2) is 5.25. The normalized spacial score (nSPS) is 24.6. The van der Waals surface area contributed by atoms with E-state index in [1.807, 2.05) is 6.92 Å². The molecule has 1 fully saturated rings. The van der Waals surface area contributed by atoms with Crippen LogP contribution in [0.3, 0.4) is 0 Å². The molecule has 4 heteroatoms. The Morgan fingerprint density at radius 2 is 2.50 bits per heavy atom. The molecule has 0 saturated carbocycles. The minimum atomic E-state index is 0.0604. The molecule has 1 aliphatic heterocycles. The van der Waals surface area contributed by atoms with Gasteiger partial charge in [0.15, 0.2) is 0 Å². The van der Waals surface area contributed by atoms with Crippen molar-refractivity contribution < 1.29 is 0 Å². The molecule has 0 aliphatic carbocycles. The number of aromatic nitrogens is 1. The van der Waals surface area contributed by atoms with E-state index >= 15 is 0 Å². The summed E-state index contributed by atoms with van der Waals surface area (Å²) < 4.78 is 0. The Hall–Kier alpha value is -0.450. The Morgan fingerprint density at radius 1 is 1.69 bits per heavy atom. The van der Waals surface area contributed by atoms with Gasteiger partial charge in [0.2, 0.25) is 0 Å². The van der Waals surface area contributed by atoms with Crippen LogP contribution in [-0.2, 0) is 6.54 Å². The van der Waals surface area contributed by atoms with Gasteiger partial charge in [-0.15, -0.1) is 11.3 Å². The van der Waals surface area contributed by atoms with Gasteiger partial charge in [0, 0.05) is 18.0 Å². The van der Waals surface area contributed by atoms with Crippen molar-refractivity contribution in [1.82, 2.24) is 9.88 Å². The predicted octanol–water partition coefficient (Wildman–Crippen LogP) is 2.39. The average molecular weight is 239 g/mol. The van der Waals surface area contributed by atoms with Crippen molar-refractivity contribution in [2.75, 3.05) is 13.1 Å². The minimum absolute atomic E-state index is 0.0604. The second-order valence-electron chi connectivity index (χ2n) is 4.94. The van der Waals surface area contributed by atoms with E-state index in [0.29, 0.717) is 0 Å². The highest BCUT2D eigenvalue weighted by Gasteiger charge is 2.17. The minimum Gasteiger partial charge on any atom is -0.323 e. The van der Waals surface area contributed by atoms with E-state index in [1.54, 1.807) is 11.3 Å². The lowest BCUT2D eigenvalue weighted by molar-refractivity contribution is 0.176. The molecule has 0 aromatic carbocycles. The summed E-state index contributed by atoms with van der Waals surface area (Å²) in [5.41, 5.74) is 6.85. The van der Waals surface area contributed by atoms with Gasteiger partial charge in [0.25, 0.3) is 0 Å². The van der Waals surface area contributed by atoms with Gasteiger partial charge in [-0.25, -0.2) is 4.98 Å². The third-order valence-electron chi connectivity index (χ3n) is 3.14. The van der Waals surface area contributed by atoms with Crippen LogP contribution >= 0.6 is 11.3 Å². The molecule has 0 amide bonds. The zero-order chi connectivity index (χ0) is 11.5. The van der Waals surface area contributed by atoms with Gasteiger partial charge in [-0.05, 0) is 32.2 Å². The van der Waals surface area contributed by atoms with Crippen LogP contribution in [-0.4, -0.2) is 23.0 Å². The molecular weight excluding hydrogens is 218 g/mol. The first-order chi connectivity index (χ1) is 7.65. The molecule has 2 atom stereocenters. The summed E-state index contributed by atoms with van der Waals surface area (Å²) in [4.78, 5) is 7.09. The van der Waals surface area contributed by atoms with Crippen molar-refractivity contribution in [3.05, 3.63) is 16.1 Å². The quantitative estimate of drug-likeness (QED) is 0.880. The van der Waals surface area contributed by atoms with Crippen molar-refractivity contribution in [1.29, 1.82) is 0 Å². The lowest BCUT2D eigenvalue weighted by Gasteiger charge is -2.29. The Balaban J connectivity index is 1.92. The Labute approximate surface area is 102 Å². The smallest absolute Gasteiger partial charge is 0.107 e. The fourth-order valence-corrected chi connectivity index (χ4v) is 3.17. The molecule has 0 radical (unpaired) electrons. The first-order valence-electron chi connectivity index (χ1n) is 6.07. The van der Waals surface area contributed by atoms with Crippen LogP contribution in [0.15, 0.2) is 5.38 Å². The van der Waals surface area contributed by atoms with Gasteiger partial charge in [-0.1, -0.05) is 6.92 Å². The molecule has 1 aromatic heterocycles. The summed E-state index contributed by atoms with van der Waals surface area (Å²) in [6.07, 6.45) is 2.70. The summed E-state index contributed by atoms with van der Waals surface area (Å²) in [6.45, 7) is 7.76. The molecule has 2 N–H and O–H groups in total. The third-order valence-corrected chi connectivity index (χ3v) is 3.99. The number of nitrogens with zero attached hydrogens (tertiary/aromatic N) is 2. The first kappa shape index (κ1) is 12.0. The van der Waals surface area contributed by atoms with Crippen LogP contribution in [0.1, 0.15) is 43.4 Å². The molecule has 0 bridgehead atoms. The van der Waals surface area contributed by atoms with Crippen LogP contribution in [0.25, 0.3) is 0 Å². The molecular formula is C12H21N3S. The van der Waals surface area contributed by atoms with Gasteiger partial charge in [-0.3, -0.25) is 4.90 Å². The van der Waals surface area contributed by atoms with Gasteiger partial charge in [0.05, 0.1) is 12.2 Å². The van der Waals surface area contributed by atoms with E-state index < -0.39 is 0 Å². The topological polar surface area (TPSA) is 42.2 Å². The Morgan fingerprint density at radius 3 is 3.12 bits per heavy atom. The Kier molecular flexibility index (Phi) is 3.95. The van der Waals surface area contributed by atoms with E-state index in [-0.39, 0.29) is 6.04 Å². The third kappa shape index (κ3) is 3.03. The first-order valence-corrected chi connectivity index (χ1v) is 6.95. The van der Waals surface area contributed by atoms with Crippen molar-refractivity contribution in [2.24, 2.45) is 11.7 Å². The standard InChI is InChI=1S/C12H21N3S/c1-9-4-3-5-15(6-9)7-12-14-11(8-16-12)10(2)13/h8-10H,3-7,13H2,1-2H3. The molecule has 90 valence electrons. The van der Waals surface area contributed by atoms with E-state index in [0.717, 1.165) is 18.2 Å². The SMILES string of the molecule is CC1CCCN(Cc2nc(C(C)N)cs2)C1. The monoisotopic (exact) mass is 239 g/mol. The molecule has 2 rings (SSSR count). The maximum atomic E-state index is 5.81. The maximum Gasteiger partial charge on any atom is 0.107 e. The highest BCUT2D eigenvalue weighted by atomic mass is 32.1. The molecule has 1 aromatic rings. The largest absolute Gasteiger partial charge is 0.323 e. The van der Waals surface area contributed by atoms with Crippen LogP contribution in [0.4, 0.5) is 0 Å². The highest BCUT2D eigenvalue weighted by molar-refractivity contribution is 7.09. The predicted molar refractivity (Wildman–Crippen MR) is 68.4 cm³/mol. The van der Waals surface area contributed by atoms with Crippen LogP contribution in [0, 0.1) is 5.92 Å². The number of nitrogens with two attached hydrogens (primary N) is 1. The van der Waals surface area contributed by atoms with Crippen molar-refractivity contribution >= 4 is 11.3 Å². The number of hydrogen-bond donors (Lipinski definition) is 1. The number of rotatable bonds is 3. The van der Waals surface area contributed by atoms with Gasteiger partial charge >= 0.3 is 0 Å². The number of likely N-dealkylation sites (tertiary alicyclic amines) is 1. The van der Waals surface area contributed by atoms with E-state index in [4.69, 9.17) is 5.73 Å². The van der Waals surface area contributed by atoms with E-state index in [2.05, 4.69) is 22.2 Å². The maximum absolute atomic E-state index is 5.81. The zero-order valence-electron chi connectivity index (χ0n) is 10.1. The molecule has 1 saturated heterocycles. The molecule has 3 nitrogen and oxygen atoms in total. The van der Waals surface area contributed by atoms with Crippen LogP contribution in [0.2, 0.25) is 0 Å². The number of piperidine rings is 1. The zero-order valence-corrected chi connectivity index (χ0v) is 11.0. The molecule has 0 spiro atoms. The number of hydrogen-bond acceptors (Lipinski definition) is 4. The molecule has 2 unspecified atom stereocenters. The van der Waals surface area contributed by atoms with Crippen LogP contribution < -0.4 is 5.73 Å². The lowest BCUT2D eigenvalue weighted by Crippen LogP contribution is -2.33. The highest BCUT2D eigenvalue weighted by Crippen LogP contribution is 2.20. The van der Waals surface area contributed by atoms with Gasteiger partial charge in [-0.2, -0.15) is 0 Å². The van der Waals surface area contributed by atoms with Crippen molar-refractivity contribution in [2.45, 2.75) is 39.3 Å². The fraction of sp³-hybridized carbons (Fsp3) is 0.750. The summed E-state index contributed by atoms with van der Waals surface area (Å²) in [5.74, 6) is 0.835. The fourth-order valence-electron chi connectivity index (χ4n) is 2.23. The summed E-state index contributed by atoms with van der Waals surface area (Å²) in [7, 11) is 0. The summed E-state index contributed by atoms with van der Waals surface area (Å²) in [6, 6.07) is 0.0604. The van der Waals surface area contributed by atoms with Crippen molar-refractivity contribution in [3.8, 4) is 0 Å². The van der Waals surface area contributed by atoms with Crippen LogP contribution in [0.5, 0.6) is 0 Å². The molecule has 16 heavy (non-hydrogen) atoms. The summed E-state index contributed by atoms with van der Waals surface area (Å²) >= 11 is 1.74. The van der Waals surface area contributed by atoms with E-state index in [9.17, 15) is 0 Å². The van der Waals surface area contributed by atoms with E-state index in [1.165, 1.54) is 30.9 Å². The lowest BCUT2D eigenvalue weighted by atomic mass is 10.0. The summed E-state index contributed by atoms with van der Waals surface area (Å²) in [5, 5.41) is 3.30. The van der Waals surface area contributed by atoms with Crippen molar-refractivity contribution in [3.63, 3.8) is 0 Å². The average Bonchev–Trinajstić information content (AvgIpc) is 2.66.